The largest absolute Gasteiger partial charge is 4.00 e. The van der Waals surface area contributed by atoms with Crippen molar-refractivity contribution in [2.75, 3.05) is 13.1 Å². The molecule has 0 heterocycles. The number of carboxylic acid groups (broad SMARTS) is 2. The van der Waals surface area contributed by atoms with Gasteiger partial charge in [0.25, 0.3) is 0 Å². The van der Waals surface area contributed by atoms with E-state index in [1.54, 1.807) is 24.3 Å². The van der Waals surface area contributed by atoms with Crippen LogP contribution >= 0.6 is 0 Å². The van der Waals surface area contributed by atoms with E-state index in [9.17, 15) is 48.6 Å². The first-order chi connectivity index (χ1) is 41.5. The maximum Gasteiger partial charge on any atom is 4.00 e. The Labute approximate surface area is 562 Å². The van der Waals surface area contributed by atoms with Crippen LogP contribution in [0.2, 0.25) is 0 Å². The summed E-state index contributed by atoms with van der Waals surface area (Å²) in [5.74, 6) is 0.318. The molecule has 0 aliphatic heterocycles. The number of carbonyl (C=O) groups is 8. The molecule has 8 unspecified atom stereocenters. The third kappa shape index (κ3) is 19.9. The molecule has 0 aromatic heterocycles. The molecule has 0 bridgehead atoms. The predicted molar refractivity (Wildman–Crippen MR) is 326 cm³/mol. The summed E-state index contributed by atoms with van der Waals surface area (Å²) in [6.45, 7) is 5.58. The molecule has 6 aliphatic rings. The van der Waals surface area contributed by atoms with Crippen LogP contribution in [0.4, 0.5) is 0 Å². The maximum atomic E-state index is 12.8. The van der Waals surface area contributed by atoms with E-state index in [0.29, 0.717) is 96.9 Å². The van der Waals surface area contributed by atoms with Gasteiger partial charge >= 0.3 is 44.9 Å². The van der Waals surface area contributed by atoms with Crippen LogP contribution in [0.5, 0.6) is 11.5 Å². The molecule has 498 valence electrons. The van der Waals surface area contributed by atoms with Gasteiger partial charge in [0.2, 0.25) is 11.8 Å². The summed E-state index contributed by atoms with van der Waals surface area (Å²) in [6, 6.07) is 30.4. The fourth-order valence-electron chi connectivity index (χ4n) is 15.7. The zero-order valence-electron chi connectivity index (χ0n) is 52.4. The molecular weight excluding hydrogens is 1390 g/mol. The second-order valence-electron chi connectivity index (χ2n) is 25.3. The number of benzene rings is 4. The average molecular weight is 1480 g/mol. The summed E-state index contributed by atoms with van der Waals surface area (Å²) >= 11 is 0. The summed E-state index contributed by atoms with van der Waals surface area (Å²) in [7, 11) is 0. The Balaban J connectivity index is 0.000000368. The Morgan fingerprint density at radius 2 is 0.857 bits per heavy atom. The summed E-state index contributed by atoms with van der Waals surface area (Å²) < 4.78 is 23.6. The van der Waals surface area contributed by atoms with Crippen molar-refractivity contribution in [2.24, 2.45) is 34.5 Å². The van der Waals surface area contributed by atoms with E-state index < -0.39 is 11.9 Å². The van der Waals surface area contributed by atoms with Crippen molar-refractivity contribution >= 4 is 47.6 Å². The van der Waals surface area contributed by atoms with Crippen molar-refractivity contribution in [1.29, 1.82) is 0 Å². The zero-order valence-corrected chi connectivity index (χ0v) is 56.2. The van der Waals surface area contributed by atoms with E-state index in [-0.39, 0.29) is 143 Å². The van der Waals surface area contributed by atoms with Gasteiger partial charge in [-0.1, -0.05) is 75.2 Å². The number of aryl methyl sites for hydroxylation is 2. The van der Waals surface area contributed by atoms with E-state index in [0.717, 1.165) is 103 Å². The van der Waals surface area contributed by atoms with Crippen molar-refractivity contribution in [2.45, 2.75) is 192 Å². The van der Waals surface area contributed by atoms with E-state index in [2.05, 4.69) is 36.6 Å². The average Bonchev–Trinajstić information content (AvgIpc) is 1.70. The number of carboxylic acids is 2. The van der Waals surface area contributed by atoms with Gasteiger partial charge < -0.3 is 86.5 Å². The van der Waals surface area contributed by atoms with Gasteiger partial charge in [0.1, 0.15) is 23.7 Å². The molecule has 10 rings (SSSR count). The molecule has 0 saturated heterocycles. The fraction of sp³-hybridized carbons (Fsp3) is 0.543. The maximum absolute atomic E-state index is 12.8. The van der Waals surface area contributed by atoms with Gasteiger partial charge in [0.15, 0.2) is 0 Å². The first-order valence-electron chi connectivity index (χ1n) is 31.6. The SMILES string of the molecule is C[C@@]12CCC3c4ccc(OC(=O)c5ccccc5)cc4CCC3C1CCC2OC(=O)CCCCCNC(=O)CCC(=O)[O-].C[C@@]12CCC3c4ccc(OC(=O)c5ccccc5)cc4CCC3C1CCC2OC(=O)CCCCCNC(=O)CCC(=O)[O-].N.N.[Cl-].[Cl-].[Pt+4]. The Bertz CT molecular complexity index is 2880. The monoisotopic (exact) mass is 1480 g/mol. The van der Waals surface area contributed by atoms with Gasteiger partial charge in [-0.05, 0) is 222 Å². The van der Waals surface area contributed by atoms with E-state index in [1.165, 1.54) is 22.3 Å². The number of fused-ring (bicyclic) bond motifs is 10. The number of ether oxygens (including phenoxy) is 4. The number of aliphatic carboxylic acids is 2. The van der Waals surface area contributed by atoms with Gasteiger partial charge in [0, 0.05) is 61.5 Å². The van der Waals surface area contributed by atoms with Gasteiger partial charge in [0.05, 0.1) is 11.1 Å². The van der Waals surface area contributed by atoms with Crippen LogP contribution in [0.3, 0.4) is 0 Å². The number of carbonyl (C=O) groups excluding carboxylic acids is 8. The smallest absolute Gasteiger partial charge is 1.00 e. The molecule has 4 aromatic carbocycles. The molecule has 8 N–H and O–H groups in total. The minimum absolute atomic E-state index is 0. The van der Waals surface area contributed by atoms with Crippen LogP contribution in [0, 0.1) is 34.5 Å². The molecule has 4 fully saturated rings. The normalized spacial score (nSPS) is 24.1. The molecule has 2 amide bonds. The van der Waals surface area contributed by atoms with E-state index in [4.69, 9.17) is 18.9 Å². The second kappa shape index (κ2) is 36.3. The molecular formula is C70H90Cl2N4O14Pt. The van der Waals surface area contributed by atoms with Crippen LogP contribution in [-0.2, 0) is 72.1 Å². The van der Waals surface area contributed by atoms with Crippen molar-refractivity contribution in [1.82, 2.24) is 22.9 Å². The predicted octanol–water partition coefficient (Wildman–Crippen LogP) is 4.09. The third-order valence-corrected chi connectivity index (χ3v) is 20.1. The second-order valence-corrected chi connectivity index (χ2v) is 25.3. The molecule has 4 aromatic rings. The van der Waals surface area contributed by atoms with Crippen LogP contribution in [0.25, 0.3) is 0 Å². The molecule has 21 heteroatoms. The fourth-order valence-corrected chi connectivity index (χ4v) is 15.7. The quantitative estimate of drug-likeness (QED) is 0.0436. The number of nitrogens with one attached hydrogen (secondary N) is 2. The van der Waals surface area contributed by atoms with Gasteiger partial charge in [-0.25, -0.2) is 9.59 Å². The minimum atomic E-state index is -1.23. The first kappa shape index (κ1) is 77.3. The Kier molecular flexibility index (Phi) is 30.8. The van der Waals surface area contributed by atoms with Crippen LogP contribution in [0.15, 0.2) is 97.1 Å². The van der Waals surface area contributed by atoms with Crippen molar-refractivity contribution in [3.63, 3.8) is 0 Å². The number of halogens is 2. The molecule has 0 radical (unpaired) electrons. The number of hydrogen-bond donors (Lipinski definition) is 4. The van der Waals surface area contributed by atoms with Crippen molar-refractivity contribution in [3.05, 3.63) is 130 Å². The van der Waals surface area contributed by atoms with Crippen molar-refractivity contribution in [3.8, 4) is 11.5 Å². The third-order valence-electron chi connectivity index (χ3n) is 20.1. The summed E-state index contributed by atoms with van der Waals surface area (Å²) in [5, 5.41) is 26.3. The van der Waals surface area contributed by atoms with Crippen LogP contribution in [0.1, 0.15) is 210 Å². The number of unbranched alkanes of at least 4 members (excludes halogenated alkanes) is 4. The number of hydrogen-bond acceptors (Lipinski definition) is 16. The molecule has 91 heavy (non-hydrogen) atoms. The molecule has 6 aliphatic carbocycles. The Hall–Kier alpha value is -6.17. The summed E-state index contributed by atoms with van der Waals surface area (Å²) in [5.41, 5.74) is 6.39. The van der Waals surface area contributed by atoms with E-state index >= 15 is 0 Å². The molecule has 4 saturated carbocycles. The summed E-state index contributed by atoms with van der Waals surface area (Å²) in [6.07, 6.45) is 16.7. The van der Waals surface area contributed by atoms with E-state index in [1.807, 2.05) is 60.7 Å². The van der Waals surface area contributed by atoms with Gasteiger partial charge in [-0.2, -0.15) is 0 Å². The standard InChI is InChI=1S/2C35H43NO7.2ClH.2H3N.Pt/c2*1-35-20-19-27-26-14-12-25(42-34(41)23-8-4-2-5-9-23)22-24(26)11-13-28(27)29(35)15-16-30(35)43-33(40)10-6-3-7-21-36-31(37)17-18-32(38)39;;;;;/h2*2,4-5,8-9,12,14,22,27-30H,3,6-7,10-11,13,15-21H2,1H3,(H,36,37)(H,38,39);2*1H;2*1H3;/q;;;;;;+4/p-4/t2*27?,28?,29?,30?,35-;;;;;/m11...../s1. The number of rotatable bonds is 24. The van der Waals surface area contributed by atoms with Crippen molar-refractivity contribution < 1.29 is 113 Å². The molecule has 18 nitrogen and oxygen atoms in total. The first-order valence-corrected chi connectivity index (χ1v) is 31.6. The number of amides is 2. The van der Waals surface area contributed by atoms with Crippen LogP contribution in [-0.4, -0.2) is 72.9 Å². The minimum Gasteiger partial charge on any atom is -1.00 e. The van der Waals surface area contributed by atoms with Crippen LogP contribution < -0.4 is 67.4 Å². The number of esters is 4. The van der Waals surface area contributed by atoms with Gasteiger partial charge in [-0.15, -0.1) is 0 Å². The zero-order chi connectivity index (χ0) is 60.8. The van der Waals surface area contributed by atoms with Gasteiger partial charge in [-0.3, -0.25) is 19.2 Å². The Morgan fingerprint density at radius 1 is 0.473 bits per heavy atom. The Morgan fingerprint density at radius 3 is 1.23 bits per heavy atom. The summed E-state index contributed by atoms with van der Waals surface area (Å²) in [4.78, 5) is 94.6. The molecule has 0 spiro atoms. The topological polar surface area (TPSA) is 314 Å². The molecule has 10 atom stereocenters.